The molecule has 2 heterocycles. The molecule has 3 rings (SSSR count). The number of urea groups is 1. The lowest BCUT2D eigenvalue weighted by molar-refractivity contribution is -0.757. The van der Waals surface area contributed by atoms with Crippen LogP contribution in [0, 0.1) is 10.1 Å². The number of ketones is 1. The van der Waals surface area contributed by atoms with Gasteiger partial charge in [0.05, 0.1) is 10.6 Å². The Bertz CT molecular complexity index is 927. The maximum Gasteiger partial charge on any atom is 0.328 e. The minimum atomic E-state index is -1.18. The molecular weight excluding hydrogens is 652 g/mol. The molecule has 154 valence electrons. The van der Waals surface area contributed by atoms with Crippen molar-refractivity contribution in [2.24, 2.45) is 0 Å². The van der Waals surface area contributed by atoms with Crippen LogP contribution in [0.3, 0.4) is 0 Å². The summed E-state index contributed by atoms with van der Waals surface area (Å²) >= 11 is 11.4. The van der Waals surface area contributed by atoms with Crippen LogP contribution in [-0.2, 0) is 9.63 Å². The Morgan fingerprint density at radius 2 is 2.07 bits per heavy atom. The molecule has 29 heavy (non-hydrogen) atoms. The fraction of sp³-hybridized carbons (Fsp3) is 0.188. The highest BCUT2D eigenvalue weighted by Gasteiger charge is 2.45. The molecule has 1 atom stereocenters. The smallest absolute Gasteiger partial charge is 0.328 e. The van der Waals surface area contributed by atoms with Crippen LogP contribution in [0.4, 0.5) is 10.5 Å². The molecule has 1 aliphatic heterocycles. The summed E-state index contributed by atoms with van der Waals surface area (Å²) in [6, 6.07) is 6.94. The number of imide groups is 1. The van der Waals surface area contributed by atoms with Crippen LogP contribution < -0.4 is 10.2 Å². The van der Waals surface area contributed by atoms with Gasteiger partial charge in [-0.1, -0.05) is 17.7 Å². The van der Waals surface area contributed by atoms with Crippen molar-refractivity contribution in [2.75, 3.05) is 18.1 Å². The van der Waals surface area contributed by atoms with Crippen molar-refractivity contribution in [1.82, 2.24) is 5.32 Å². The molecule has 1 unspecified atom stereocenters. The summed E-state index contributed by atoms with van der Waals surface area (Å²) in [6.07, 6.45) is 0. The van der Waals surface area contributed by atoms with Crippen molar-refractivity contribution in [3.8, 4) is 0 Å². The molecule has 1 aromatic heterocycles. The van der Waals surface area contributed by atoms with E-state index in [9.17, 15) is 24.5 Å². The highest BCUT2D eigenvalue weighted by molar-refractivity contribution is 15.0. The first-order valence-corrected chi connectivity index (χ1v) is 15.3. The van der Waals surface area contributed by atoms with Crippen molar-refractivity contribution in [1.29, 1.82) is 0 Å². The average Bonchev–Trinajstić information content (AvgIpc) is 3.32. The lowest BCUT2D eigenvalue weighted by Crippen LogP contribution is -2.44. The van der Waals surface area contributed by atoms with E-state index >= 15 is 0 Å². The van der Waals surface area contributed by atoms with Crippen LogP contribution in [0.15, 0.2) is 35.7 Å². The van der Waals surface area contributed by atoms with Gasteiger partial charge in [0.25, 0.3) is 11.0 Å². The number of amides is 3. The van der Waals surface area contributed by atoms with Crippen molar-refractivity contribution in [2.45, 2.75) is 5.92 Å². The molecule has 1 aliphatic rings. The van der Waals surface area contributed by atoms with Gasteiger partial charge in [-0.2, -0.15) is 0 Å². The van der Waals surface area contributed by atoms with E-state index in [2.05, 4.69) is 47.4 Å². The largest absolute Gasteiger partial charge is 0.335 e. The van der Waals surface area contributed by atoms with E-state index in [0.29, 0.717) is 15.5 Å². The first-order valence-electron chi connectivity index (χ1n) is 7.80. The Balaban J connectivity index is 0.00000145. The highest BCUT2D eigenvalue weighted by atomic mass is 128. The lowest BCUT2D eigenvalue weighted by Gasteiger charge is -2.16. The molecule has 0 radical (unpaired) electrons. The summed E-state index contributed by atoms with van der Waals surface area (Å²) in [6.45, 7) is -0.554. The zero-order chi connectivity index (χ0) is 21.6. The first-order chi connectivity index (χ1) is 13.9. The highest BCUT2D eigenvalue weighted by Crippen LogP contribution is 2.41. The number of halogens is 3. The monoisotopic (exact) mass is 663 g/mol. The predicted molar refractivity (Wildman–Crippen MR) is 125 cm³/mol. The van der Waals surface area contributed by atoms with Gasteiger partial charge in [-0.05, 0) is 35.2 Å². The summed E-state index contributed by atoms with van der Waals surface area (Å²) in [5, 5.41) is 13.5. The van der Waals surface area contributed by atoms with Crippen LogP contribution in [0.25, 0.3) is 0 Å². The fourth-order valence-electron chi connectivity index (χ4n) is 2.72. The topological polar surface area (TPSA) is 119 Å². The first kappa shape index (κ1) is 23.8. The number of nitrogens with zero attached hydrogens (tertiary/aromatic N) is 2. The van der Waals surface area contributed by atoms with Crippen molar-refractivity contribution < 1.29 is 24.3 Å². The van der Waals surface area contributed by atoms with Crippen LogP contribution in [0.2, 0.25) is 5.02 Å². The second-order valence-corrected chi connectivity index (χ2v) is 6.82. The maximum atomic E-state index is 12.9. The fourth-order valence-corrected chi connectivity index (χ4v) is 3.60. The summed E-state index contributed by atoms with van der Waals surface area (Å²) in [5.41, 5.74) is 0.578. The van der Waals surface area contributed by atoms with E-state index in [1.54, 1.807) is 17.5 Å². The minimum Gasteiger partial charge on any atom is -0.335 e. The predicted octanol–water partition coefficient (Wildman–Crippen LogP) is 4.40. The summed E-state index contributed by atoms with van der Waals surface area (Å²) < 4.78 is 0. The number of carbonyl (C=O) groups excluding carboxylic acids is 3. The summed E-state index contributed by atoms with van der Waals surface area (Å²) in [5.74, 6) is -2.32. The number of thiophene rings is 1. The van der Waals surface area contributed by atoms with Gasteiger partial charge >= 0.3 is 6.03 Å². The van der Waals surface area contributed by atoms with Gasteiger partial charge in [-0.15, -0.1) is 21.5 Å². The Hall–Kier alpha value is -1.52. The number of hydrogen-bond donors (Lipinski definition) is 1. The van der Waals surface area contributed by atoms with Gasteiger partial charge in [0.2, 0.25) is 0 Å². The molecular formula is C16H12ClI2N3O6S. The Kier molecular flexibility index (Phi) is 9.04. The maximum absolute atomic E-state index is 12.9. The van der Waals surface area contributed by atoms with Gasteiger partial charge in [-0.25, -0.2) is 9.69 Å². The molecule has 0 bridgehead atoms. The van der Waals surface area contributed by atoms with Crippen LogP contribution in [-0.4, -0.2) is 36.0 Å². The van der Waals surface area contributed by atoms with E-state index in [-0.39, 0.29) is 18.8 Å². The number of fused-ring (bicyclic) bond motifs is 1. The summed E-state index contributed by atoms with van der Waals surface area (Å²) in [4.78, 5) is 53.6. The second kappa shape index (κ2) is 11.0. The summed E-state index contributed by atoms with van der Waals surface area (Å²) in [7, 11) is 0. The zero-order valence-corrected chi connectivity index (χ0v) is 20.2. The number of rotatable bonds is 6. The molecule has 0 saturated carbocycles. The number of carbonyl (C=O) groups is 3. The Labute approximate surface area is 197 Å². The van der Waals surface area contributed by atoms with Gasteiger partial charge in [0, 0.05) is 48.8 Å². The Morgan fingerprint density at radius 1 is 1.34 bits per heavy atom. The van der Waals surface area contributed by atoms with Gasteiger partial charge in [0.15, 0.2) is 5.78 Å². The van der Waals surface area contributed by atoms with E-state index in [1.807, 2.05) is 0 Å². The van der Waals surface area contributed by atoms with Crippen molar-refractivity contribution in [3.05, 3.63) is 61.3 Å². The third-order valence-corrected chi connectivity index (χ3v) is 4.93. The van der Waals surface area contributed by atoms with E-state index in [1.165, 1.54) is 29.5 Å². The molecule has 0 fully saturated rings. The molecule has 2 aromatic rings. The minimum absolute atomic E-state index is 0.184. The molecule has 1 N–H and O–H groups in total. The molecule has 0 aliphatic carbocycles. The molecule has 1 aromatic carbocycles. The molecule has 0 spiro atoms. The number of hydrogen-bond acceptors (Lipinski definition) is 7. The van der Waals surface area contributed by atoms with Crippen LogP contribution in [0.5, 0.6) is 0 Å². The van der Waals surface area contributed by atoms with E-state index in [0.717, 1.165) is 4.90 Å². The van der Waals surface area contributed by atoms with Crippen LogP contribution in [0.1, 0.15) is 21.2 Å². The molecule has 0 saturated heterocycles. The SMILES string of the molecule is II.O=C(c1cccs1)C1C(=O)N(C(=O)NCCO[N+](=O)[O-])c2ccc(Cl)cc21. The molecule has 3 amide bonds. The molecule has 13 heteroatoms. The molecule has 9 nitrogen and oxygen atoms in total. The number of benzene rings is 1. The third kappa shape index (κ3) is 5.55. The van der Waals surface area contributed by atoms with E-state index < -0.39 is 28.7 Å². The van der Waals surface area contributed by atoms with E-state index in [4.69, 9.17) is 11.6 Å². The van der Waals surface area contributed by atoms with Gasteiger partial charge in [-0.3, -0.25) is 9.59 Å². The van der Waals surface area contributed by atoms with Crippen molar-refractivity contribution in [3.63, 3.8) is 0 Å². The standard InChI is InChI=1S/C16H12ClN3O6S.I2/c17-9-3-4-11-10(8-9)13(14(21)12-2-1-7-27-12)15(22)19(11)16(23)18-5-6-26-20(24)25;1-2/h1-4,7-8,13H,5-6H2,(H,18,23);. The Morgan fingerprint density at radius 3 is 2.69 bits per heavy atom. The third-order valence-electron chi connectivity index (χ3n) is 3.81. The van der Waals surface area contributed by atoms with Crippen molar-refractivity contribution >= 4 is 83.6 Å². The number of nitrogens with one attached hydrogen (secondary N) is 1. The average molecular weight is 664 g/mol. The zero-order valence-electron chi connectivity index (χ0n) is 14.3. The van der Waals surface area contributed by atoms with Crippen LogP contribution >= 0.6 is 60.2 Å². The quantitative estimate of drug-likeness (QED) is 0.122. The lowest BCUT2D eigenvalue weighted by atomic mass is 9.95. The second-order valence-electron chi connectivity index (χ2n) is 5.44. The normalized spacial score (nSPS) is 14.5. The number of anilines is 1. The number of Topliss-reactive ketones (excluding diaryl/α,β-unsaturated/α-hetero) is 1. The van der Waals surface area contributed by atoms with Gasteiger partial charge < -0.3 is 10.2 Å². The van der Waals surface area contributed by atoms with Gasteiger partial charge in [0.1, 0.15) is 12.5 Å².